The molecule has 3 heterocycles. The van der Waals surface area contributed by atoms with Gasteiger partial charge in [0.25, 0.3) is 0 Å². The van der Waals surface area contributed by atoms with E-state index < -0.39 is 0 Å². The summed E-state index contributed by atoms with van der Waals surface area (Å²) >= 11 is 3.63. The van der Waals surface area contributed by atoms with Gasteiger partial charge in [-0.3, -0.25) is 9.89 Å². The summed E-state index contributed by atoms with van der Waals surface area (Å²) in [5.41, 5.74) is 1.13. The van der Waals surface area contributed by atoms with Crippen molar-refractivity contribution >= 4 is 28.6 Å². The molecule has 2 aromatic heterocycles. The molecule has 2 aromatic rings. The van der Waals surface area contributed by atoms with Crippen molar-refractivity contribution < 1.29 is 0 Å². The lowest BCUT2D eigenvalue weighted by Crippen LogP contribution is -2.40. The smallest absolute Gasteiger partial charge is 0.191 e. The molecule has 154 valence electrons. The summed E-state index contributed by atoms with van der Waals surface area (Å²) in [5, 5.41) is 12.4. The summed E-state index contributed by atoms with van der Waals surface area (Å²) in [6, 6.07) is 4.93. The second kappa shape index (κ2) is 10.9. The molecule has 0 aliphatic carbocycles. The number of guanidine groups is 1. The van der Waals surface area contributed by atoms with E-state index in [-0.39, 0.29) is 0 Å². The Morgan fingerprint density at radius 3 is 2.96 bits per heavy atom. The highest BCUT2D eigenvalue weighted by atomic mass is 32.1. The number of likely N-dealkylation sites (tertiary alicyclic amines) is 1. The van der Waals surface area contributed by atoms with Crippen LogP contribution in [-0.4, -0.2) is 49.1 Å². The van der Waals surface area contributed by atoms with E-state index in [9.17, 15) is 0 Å². The van der Waals surface area contributed by atoms with Gasteiger partial charge in [0.05, 0.1) is 5.01 Å². The lowest BCUT2D eigenvalue weighted by atomic mass is 9.88. The van der Waals surface area contributed by atoms with Gasteiger partial charge in [-0.15, -0.1) is 22.7 Å². The van der Waals surface area contributed by atoms with Gasteiger partial charge in [0.15, 0.2) is 5.96 Å². The number of hydrogen-bond donors (Lipinski definition) is 2. The van der Waals surface area contributed by atoms with E-state index in [0.29, 0.717) is 12.0 Å². The van der Waals surface area contributed by atoms with Crippen LogP contribution in [0.4, 0.5) is 0 Å². The quantitative estimate of drug-likeness (QED) is 0.384. The van der Waals surface area contributed by atoms with E-state index >= 15 is 0 Å². The first-order chi connectivity index (χ1) is 13.7. The van der Waals surface area contributed by atoms with Crippen LogP contribution in [-0.2, 0) is 6.42 Å². The summed E-state index contributed by atoms with van der Waals surface area (Å²) in [6.45, 7) is 8.03. The maximum atomic E-state index is 4.94. The van der Waals surface area contributed by atoms with E-state index in [1.54, 1.807) is 11.3 Å². The van der Waals surface area contributed by atoms with E-state index in [1.807, 2.05) is 11.3 Å². The van der Waals surface area contributed by atoms with Crippen LogP contribution in [0.1, 0.15) is 47.8 Å². The van der Waals surface area contributed by atoms with Crippen molar-refractivity contribution in [1.82, 2.24) is 20.5 Å². The van der Waals surface area contributed by atoms with Gasteiger partial charge in [0.1, 0.15) is 0 Å². The van der Waals surface area contributed by atoms with Gasteiger partial charge in [-0.05, 0) is 64.1 Å². The zero-order chi connectivity index (χ0) is 19.8. The van der Waals surface area contributed by atoms with Gasteiger partial charge in [-0.1, -0.05) is 6.07 Å². The first-order valence-corrected chi connectivity index (χ1v) is 12.1. The molecule has 0 radical (unpaired) electrons. The normalized spacial score (nSPS) is 21.0. The molecule has 1 aliphatic rings. The van der Waals surface area contributed by atoms with Crippen LogP contribution in [0.25, 0.3) is 0 Å². The van der Waals surface area contributed by atoms with Crippen molar-refractivity contribution in [2.45, 2.75) is 45.6 Å². The lowest BCUT2D eigenvalue weighted by Gasteiger charge is -2.38. The van der Waals surface area contributed by atoms with Crippen LogP contribution < -0.4 is 10.6 Å². The fourth-order valence-corrected chi connectivity index (χ4v) is 5.68. The number of hydrogen-bond acceptors (Lipinski definition) is 5. The molecule has 3 rings (SSSR count). The van der Waals surface area contributed by atoms with Crippen LogP contribution in [0.15, 0.2) is 27.9 Å². The van der Waals surface area contributed by atoms with E-state index in [0.717, 1.165) is 44.1 Å². The van der Waals surface area contributed by atoms with Gasteiger partial charge in [0.2, 0.25) is 0 Å². The second-order valence-electron chi connectivity index (χ2n) is 7.48. The highest BCUT2D eigenvalue weighted by Crippen LogP contribution is 2.37. The average Bonchev–Trinajstić information content (AvgIpc) is 3.35. The van der Waals surface area contributed by atoms with Crippen molar-refractivity contribution in [1.29, 1.82) is 0 Å². The molecule has 28 heavy (non-hydrogen) atoms. The van der Waals surface area contributed by atoms with Gasteiger partial charge >= 0.3 is 0 Å². The molecule has 1 saturated heterocycles. The van der Waals surface area contributed by atoms with Crippen molar-refractivity contribution in [2.75, 3.05) is 33.2 Å². The molecule has 5 nitrogen and oxygen atoms in total. The third-order valence-corrected chi connectivity index (χ3v) is 7.17. The minimum absolute atomic E-state index is 0.494. The molecule has 7 heteroatoms. The van der Waals surface area contributed by atoms with Crippen LogP contribution in [0.3, 0.4) is 0 Å². The van der Waals surface area contributed by atoms with Crippen molar-refractivity contribution in [3.05, 3.63) is 38.5 Å². The minimum atomic E-state index is 0.494. The topological polar surface area (TPSA) is 52.6 Å². The highest BCUT2D eigenvalue weighted by molar-refractivity contribution is 7.10. The van der Waals surface area contributed by atoms with Crippen LogP contribution in [0, 0.1) is 12.8 Å². The molecular weight excluding hydrogens is 386 g/mol. The number of aliphatic imine (C=N–C) groups is 1. The lowest BCUT2D eigenvalue weighted by molar-refractivity contribution is 0.128. The number of thiophene rings is 1. The molecule has 2 unspecified atom stereocenters. The third kappa shape index (κ3) is 6.03. The van der Waals surface area contributed by atoms with Crippen LogP contribution in [0.5, 0.6) is 0 Å². The molecule has 1 fully saturated rings. The zero-order valence-corrected chi connectivity index (χ0v) is 18.9. The molecule has 0 spiro atoms. The number of aromatic nitrogens is 1. The maximum Gasteiger partial charge on any atom is 0.191 e. The van der Waals surface area contributed by atoms with Crippen LogP contribution in [0.2, 0.25) is 0 Å². The maximum absolute atomic E-state index is 4.94. The number of thiazole rings is 1. The molecule has 2 atom stereocenters. The van der Waals surface area contributed by atoms with Crippen molar-refractivity contribution in [3.63, 3.8) is 0 Å². The first kappa shape index (κ1) is 21.3. The Balaban J connectivity index is 1.53. The Morgan fingerprint density at radius 1 is 1.36 bits per heavy atom. The molecular formula is C21H33N5S2. The molecule has 0 saturated carbocycles. The molecule has 1 aliphatic heterocycles. The van der Waals surface area contributed by atoms with Crippen molar-refractivity contribution in [2.24, 2.45) is 10.9 Å². The number of nitrogens with zero attached hydrogens (tertiary/aromatic N) is 3. The van der Waals surface area contributed by atoms with Crippen molar-refractivity contribution in [3.8, 4) is 0 Å². The summed E-state index contributed by atoms with van der Waals surface area (Å²) in [6.07, 6.45) is 4.61. The Morgan fingerprint density at radius 2 is 2.25 bits per heavy atom. The predicted molar refractivity (Wildman–Crippen MR) is 122 cm³/mol. The Bertz CT molecular complexity index is 725. The summed E-state index contributed by atoms with van der Waals surface area (Å²) < 4.78 is 0. The minimum Gasteiger partial charge on any atom is -0.357 e. The predicted octanol–water partition coefficient (Wildman–Crippen LogP) is 4.08. The number of rotatable bonds is 8. The van der Waals surface area contributed by atoms with Gasteiger partial charge in [-0.2, -0.15) is 0 Å². The number of nitrogens with one attached hydrogen (secondary N) is 2. The second-order valence-corrected chi connectivity index (χ2v) is 9.40. The largest absolute Gasteiger partial charge is 0.357 e. The van der Waals surface area contributed by atoms with E-state index in [1.165, 1.54) is 29.3 Å². The fourth-order valence-electron chi connectivity index (χ4n) is 3.87. The Labute approximate surface area is 177 Å². The molecule has 2 N–H and O–H groups in total. The van der Waals surface area contributed by atoms with E-state index in [2.05, 4.69) is 64.3 Å². The van der Waals surface area contributed by atoms with Gasteiger partial charge in [-0.25, -0.2) is 4.98 Å². The summed E-state index contributed by atoms with van der Waals surface area (Å²) in [5.74, 6) is 1.52. The Hall–Kier alpha value is -1.44. The average molecular weight is 420 g/mol. The fraction of sp³-hybridized carbons (Fsp3) is 0.619. The first-order valence-electron chi connectivity index (χ1n) is 10.3. The standard InChI is InChI=1S/C21H33N5S2/c1-4-22-21(23-11-5-10-19-25-16(2)15-28-19)24-14-17-8-6-12-26(3)20(17)18-9-7-13-27-18/h7,9,13,15,17,20H,4-6,8,10-12,14H2,1-3H3,(H2,22,23,24). The van der Waals surface area contributed by atoms with Gasteiger partial charge < -0.3 is 10.6 Å². The number of piperidine rings is 1. The molecule has 0 bridgehead atoms. The van der Waals surface area contributed by atoms with Gasteiger partial charge in [0, 0.05) is 48.0 Å². The van der Waals surface area contributed by atoms with Crippen LogP contribution >= 0.6 is 22.7 Å². The molecule has 0 amide bonds. The molecule has 0 aromatic carbocycles. The summed E-state index contributed by atoms with van der Waals surface area (Å²) in [7, 11) is 2.25. The highest BCUT2D eigenvalue weighted by Gasteiger charge is 2.31. The Kier molecular flexibility index (Phi) is 8.30. The summed E-state index contributed by atoms with van der Waals surface area (Å²) in [4.78, 5) is 13.5. The monoisotopic (exact) mass is 419 g/mol. The number of aryl methyl sites for hydroxylation is 2. The van der Waals surface area contributed by atoms with E-state index in [4.69, 9.17) is 4.99 Å². The SMILES string of the molecule is CCNC(=NCC1CCCN(C)C1c1cccs1)NCCCc1nc(C)cs1. The zero-order valence-electron chi connectivity index (χ0n) is 17.3. The third-order valence-electron chi connectivity index (χ3n) is 5.20.